The lowest BCUT2D eigenvalue weighted by molar-refractivity contribution is -0.120. The van der Waals surface area contributed by atoms with E-state index in [1.807, 2.05) is 6.92 Å². The standard InChI is InChI=1S/C28H34FN5O3/c1-14-5-10-21(37-12-18-6-7-18)23(24(14)29)26-27-25(30-13-31-26)22(16(3)32-27)28(36)34-19-8-9-20(15(2)11-19)33-17(4)35/h5,10,13,15,18-20,32H,6-9,11-12H2,1-4H3,(H,33,35)(H,34,36)/t15-,19+,20-/m1/s1. The number of halogens is 1. The molecule has 8 nitrogen and oxygen atoms in total. The van der Waals surface area contributed by atoms with E-state index < -0.39 is 5.82 Å². The molecule has 0 bridgehead atoms. The predicted octanol–water partition coefficient (Wildman–Crippen LogP) is 4.59. The van der Waals surface area contributed by atoms with Crippen molar-refractivity contribution in [2.45, 2.75) is 71.9 Å². The van der Waals surface area contributed by atoms with E-state index in [-0.39, 0.29) is 35.4 Å². The number of fused-ring (bicyclic) bond motifs is 1. The lowest BCUT2D eigenvalue weighted by atomic mass is 9.82. The summed E-state index contributed by atoms with van der Waals surface area (Å²) in [7, 11) is 0. The van der Waals surface area contributed by atoms with Crippen LogP contribution in [0.3, 0.4) is 0 Å². The van der Waals surface area contributed by atoms with Crippen molar-refractivity contribution in [3.05, 3.63) is 41.1 Å². The highest BCUT2D eigenvalue weighted by Gasteiger charge is 2.31. The molecule has 2 aliphatic carbocycles. The first-order valence-electron chi connectivity index (χ1n) is 13.1. The molecule has 0 spiro atoms. The van der Waals surface area contributed by atoms with Crippen molar-refractivity contribution in [1.29, 1.82) is 0 Å². The maximum absolute atomic E-state index is 15.5. The highest BCUT2D eigenvalue weighted by Crippen LogP contribution is 2.39. The summed E-state index contributed by atoms with van der Waals surface area (Å²) in [5.74, 6) is 0.560. The van der Waals surface area contributed by atoms with Crippen LogP contribution in [0.4, 0.5) is 4.39 Å². The largest absolute Gasteiger partial charge is 0.492 e. The zero-order valence-electron chi connectivity index (χ0n) is 21.8. The van der Waals surface area contributed by atoms with E-state index in [1.165, 1.54) is 13.3 Å². The normalized spacial score (nSPS) is 21.6. The van der Waals surface area contributed by atoms with Crippen LogP contribution in [0.15, 0.2) is 18.5 Å². The van der Waals surface area contributed by atoms with Gasteiger partial charge in [0, 0.05) is 24.7 Å². The number of carbonyl (C=O) groups excluding carboxylic acids is 2. The number of aromatic amines is 1. The predicted molar refractivity (Wildman–Crippen MR) is 139 cm³/mol. The van der Waals surface area contributed by atoms with E-state index in [4.69, 9.17) is 4.74 Å². The highest BCUT2D eigenvalue weighted by molar-refractivity contribution is 6.09. The molecule has 2 aliphatic rings. The van der Waals surface area contributed by atoms with E-state index in [9.17, 15) is 9.59 Å². The zero-order valence-corrected chi connectivity index (χ0v) is 21.8. The van der Waals surface area contributed by atoms with Crippen LogP contribution in [0.2, 0.25) is 0 Å². The van der Waals surface area contributed by atoms with Gasteiger partial charge in [0.2, 0.25) is 5.91 Å². The Balaban J connectivity index is 1.44. The van der Waals surface area contributed by atoms with Crippen molar-refractivity contribution in [3.8, 4) is 17.0 Å². The highest BCUT2D eigenvalue weighted by atomic mass is 19.1. The molecule has 1 aromatic carbocycles. The topological polar surface area (TPSA) is 109 Å². The third-order valence-corrected chi connectivity index (χ3v) is 7.60. The molecule has 3 N–H and O–H groups in total. The van der Waals surface area contributed by atoms with Gasteiger partial charge in [0.25, 0.3) is 5.91 Å². The van der Waals surface area contributed by atoms with Crippen LogP contribution < -0.4 is 15.4 Å². The number of benzene rings is 1. The van der Waals surface area contributed by atoms with Crippen molar-refractivity contribution in [2.24, 2.45) is 11.8 Å². The number of nitrogens with zero attached hydrogens (tertiary/aromatic N) is 2. The first kappa shape index (κ1) is 25.2. The van der Waals surface area contributed by atoms with Crippen molar-refractivity contribution in [2.75, 3.05) is 6.61 Å². The molecule has 0 radical (unpaired) electrons. The minimum absolute atomic E-state index is 0.00481. The second-order valence-electron chi connectivity index (χ2n) is 10.7. The van der Waals surface area contributed by atoms with Crippen LogP contribution in [0.1, 0.15) is 67.6 Å². The number of carbonyl (C=O) groups is 2. The number of nitrogens with one attached hydrogen (secondary N) is 3. The fraction of sp³-hybridized carbons (Fsp3) is 0.500. The Bertz CT molecular complexity index is 1350. The molecule has 0 unspecified atom stereocenters. The Hall–Kier alpha value is -3.49. The van der Waals surface area contributed by atoms with Gasteiger partial charge in [-0.15, -0.1) is 0 Å². The second kappa shape index (κ2) is 10.1. The molecule has 0 saturated heterocycles. The molecule has 2 aromatic heterocycles. The molecule has 9 heteroatoms. The Morgan fingerprint density at radius 3 is 2.62 bits per heavy atom. The molecule has 2 amide bonds. The minimum atomic E-state index is -0.392. The zero-order chi connectivity index (χ0) is 26.3. The van der Waals surface area contributed by atoms with Crippen LogP contribution in [-0.2, 0) is 4.79 Å². The summed E-state index contributed by atoms with van der Waals surface area (Å²) in [6.45, 7) is 7.69. The number of hydrogen-bond acceptors (Lipinski definition) is 5. The third-order valence-electron chi connectivity index (χ3n) is 7.60. The molecule has 2 saturated carbocycles. The second-order valence-corrected chi connectivity index (χ2v) is 10.7. The van der Waals surface area contributed by atoms with E-state index in [2.05, 4.69) is 32.5 Å². The fourth-order valence-electron chi connectivity index (χ4n) is 5.34. The monoisotopic (exact) mass is 507 g/mol. The van der Waals surface area contributed by atoms with Crippen LogP contribution in [-0.4, -0.2) is 45.5 Å². The van der Waals surface area contributed by atoms with Crippen molar-refractivity contribution < 1.29 is 18.7 Å². The Morgan fingerprint density at radius 2 is 1.92 bits per heavy atom. The molecular weight excluding hydrogens is 473 g/mol. The summed E-state index contributed by atoms with van der Waals surface area (Å²) in [5, 5.41) is 6.16. The molecule has 196 valence electrons. The summed E-state index contributed by atoms with van der Waals surface area (Å²) in [5.41, 5.74) is 3.19. The number of H-pyrrole nitrogens is 1. The number of hydrogen-bond donors (Lipinski definition) is 3. The lowest BCUT2D eigenvalue weighted by Crippen LogP contribution is -2.47. The van der Waals surface area contributed by atoms with E-state index in [0.29, 0.717) is 51.8 Å². The van der Waals surface area contributed by atoms with E-state index in [1.54, 1.807) is 19.1 Å². The SMILES string of the molecule is CC(=O)N[C@@H]1CC[C@H](NC(=O)c2c(C)[nH]c3c(-c4c(OCC5CC5)ccc(C)c4F)ncnc23)C[C@H]1C. The Labute approximate surface area is 215 Å². The number of ether oxygens (including phenoxy) is 1. The van der Waals surface area contributed by atoms with Crippen LogP contribution in [0.25, 0.3) is 22.3 Å². The van der Waals surface area contributed by atoms with Crippen molar-refractivity contribution >= 4 is 22.8 Å². The summed E-state index contributed by atoms with van der Waals surface area (Å²) in [6.07, 6.45) is 5.98. The summed E-state index contributed by atoms with van der Waals surface area (Å²) < 4.78 is 21.5. The quantitative estimate of drug-likeness (QED) is 0.433. The van der Waals surface area contributed by atoms with Gasteiger partial charge < -0.3 is 20.4 Å². The third kappa shape index (κ3) is 5.17. The van der Waals surface area contributed by atoms with Crippen LogP contribution in [0.5, 0.6) is 5.75 Å². The molecule has 5 rings (SSSR count). The number of aryl methyl sites for hydroxylation is 2. The minimum Gasteiger partial charge on any atom is -0.492 e. The maximum atomic E-state index is 15.5. The van der Waals surface area contributed by atoms with Gasteiger partial charge >= 0.3 is 0 Å². The van der Waals surface area contributed by atoms with Gasteiger partial charge in [-0.05, 0) is 69.4 Å². The van der Waals surface area contributed by atoms with Gasteiger partial charge in [-0.2, -0.15) is 0 Å². The number of amides is 2. The maximum Gasteiger partial charge on any atom is 0.255 e. The summed E-state index contributed by atoms with van der Waals surface area (Å²) in [4.78, 5) is 37.0. The van der Waals surface area contributed by atoms with Gasteiger partial charge in [-0.3, -0.25) is 9.59 Å². The van der Waals surface area contributed by atoms with Gasteiger partial charge in [0.05, 0.1) is 23.3 Å². The number of rotatable bonds is 7. The van der Waals surface area contributed by atoms with Gasteiger partial charge in [-0.25, -0.2) is 14.4 Å². The molecular formula is C28H34FN5O3. The Kier molecular flexibility index (Phi) is 6.88. The lowest BCUT2D eigenvalue weighted by Gasteiger charge is -2.34. The van der Waals surface area contributed by atoms with Crippen LogP contribution in [0, 0.1) is 31.5 Å². The first-order valence-corrected chi connectivity index (χ1v) is 13.1. The Morgan fingerprint density at radius 1 is 1.14 bits per heavy atom. The average molecular weight is 508 g/mol. The van der Waals surface area contributed by atoms with E-state index in [0.717, 1.165) is 32.1 Å². The molecule has 3 aromatic rings. The summed E-state index contributed by atoms with van der Waals surface area (Å²) >= 11 is 0. The molecule has 0 aliphatic heterocycles. The van der Waals surface area contributed by atoms with Crippen molar-refractivity contribution in [1.82, 2.24) is 25.6 Å². The van der Waals surface area contributed by atoms with Gasteiger partial charge in [-0.1, -0.05) is 13.0 Å². The molecule has 2 fully saturated rings. The average Bonchev–Trinajstić information content (AvgIpc) is 3.61. The van der Waals surface area contributed by atoms with Crippen LogP contribution >= 0.6 is 0 Å². The van der Waals surface area contributed by atoms with E-state index >= 15 is 4.39 Å². The van der Waals surface area contributed by atoms with Gasteiger partial charge in [0.15, 0.2) is 0 Å². The molecule has 3 atom stereocenters. The summed E-state index contributed by atoms with van der Waals surface area (Å²) in [6, 6.07) is 3.61. The molecule has 37 heavy (non-hydrogen) atoms. The molecule has 2 heterocycles. The van der Waals surface area contributed by atoms with Gasteiger partial charge in [0.1, 0.15) is 29.1 Å². The fourth-order valence-corrected chi connectivity index (χ4v) is 5.34. The number of aromatic nitrogens is 3. The van der Waals surface area contributed by atoms with Crippen molar-refractivity contribution in [3.63, 3.8) is 0 Å². The first-order chi connectivity index (χ1) is 17.7. The smallest absolute Gasteiger partial charge is 0.255 e.